The van der Waals surface area contributed by atoms with Gasteiger partial charge in [0.15, 0.2) is 0 Å². The Morgan fingerprint density at radius 2 is 1.21 bits per heavy atom. The molecule has 33 heavy (non-hydrogen) atoms. The molecule has 0 spiro atoms. The van der Waals surface area contributed by atoms with E-state index in [0.717, 1.165) is 64.2 Å². The van der Waals surface area contributed by atoms with Gasteiger partial charge < -0.3 is 20.0 Å². The highest BCUT2D eigenvalue weighted by Gasteiger charge is 2.29. The topological polar surface area (TPSA) is 107 Å². The molecule has 0 saturated heterocycles. The first-order chi connectivity index (χ1) is 15.7. The maximum absolute atomic E-state index is 10.7. The normalized spacial score (nSPS) is 14.5. The van der Waals surface area contributed by atoms with Crippen LogP contribution >= 0.6 is 31.0 Å². The zero-order valence-corrected chi connectivity index (χ0v) is 23.0. The summed E-state index contributed by atoms with van der Waals surface area (Å²) in [7, 11) is -4.36. The van der Waals surface area contributed by atoms with Crippen LogP contribution in [0.4, 0.5) is 0 Å². The highest BCUT2D eigenvalue weighted by molar-refractivity contribution is 7.46. The van der Waals surface area contributed by atoms with Crippen LogP contribution in [0.25, 0.3) is 0 Å². The first-order valence-corrected chi connectivity index (χ1v) is 15.3. The Hall–Kier alpha value is 0.610. The summed E-state index contributed by atoms with van der Waals surface area (Å²) < 4.78 is 15.1. The van der Waals surface area contributed by atoms with E-state index in [9.17, 15) is 14.8 Å². The molecule has 0 aliphatic carbocycles. The molecule has 0 bridgehead atoms. The van der Waals surface area contributed by atoms with Gasteiger partial charge >= 0.3 is 7.82 Å². The minimum atomic E-state index is -4.36. The summed E-state index contributed by atoms with van der Waals surface area (Å²) in [5, 5.41) is 19.2. The number of phosphoric acid groups is 1. The van der Waals surface area contributed by atoms with Crippen LogP contribution in [0.3, 0.4) is 0 Å². The number of halogens is 2. The Kier molecular flexibility index (Phi) is 21.2. The molecule has 0 radical (unpaired) electrons. The van der Waals surface area contributed by atoms with Gasteiger partial charge in [-0.2, -0.15) is 0 Å². The van der Waals surface area contributed by atoms with Gasteiger partial charge in [-0.3, -0.25) is 4.52 Å². The fourth-order valence-corrected chi connectivity index (χ4v) is 5.44. The molecule has 6 nitrogen and oxygen atoms in total. The van der Waals surface area contributed by atoms with E-state index in [1.807, 2.05) is 0 Å². The third-order valence-corrected chi connectivity index (χ3v) is 8.25. The number of aliphatic hydroxyl groups is 2. The second-order valence-corrected chi connectivity index (χ2v) is 11.8. The summed E-state index contributed by atoms with van der Waals surface area (Å²) in [6.45, 7) is 2.50. The minimum Gasteiger partial charge on any atom is -0.396 e. The van der Waals surface area contributed by atoms with Crippen LogP contribution in [-0.4, -0.2) is 50.6 Å². The zero-order valence-electron chi connectivity index (χ0n) is 20.6. The molecule has 0 aromatic heterocycles. The SMILES string of the molecule is CCCCCCCC(Cl)C(Cl)CCCC(CCO)(CCO)CCCCCCCOP(=O)(O)O. The molecule has 9 heteroatoms. The number of rotatable bonds is 24. The summed E-state index contributed by atoms with van der Waals surface area (Å²) in [6.07, 6.45) is 16.5. The summed E-state index contributed by atoms with van der Waals surface area (Å²) >= 11 is 13.1. The standard InChI is InChI=1S/C24H49Cl2O6P/c1-2-3-4-6-9-13-22(25)23(26)14-12-16-24(17-19-27,18-20-28)15-10-7-5-8-11-21-32-33(29,30)31/h22-23,27-28H,2-21H2,1H3,(H2,29,30,31). The van der Waals surface area contributed by atoms with Gasteiger partial charge in [-0.15, -0.1) is 23.2 Å². The van der Waals surface area contributed by atoms with E-state index >= 15 is 0 Å². The van der Waals surface area contributed by atoms with Gasteiger partial charge in [0.25, 0.3) is 0 Å². The molecule has 0 aromatic carbocycles. The monoisotopic (exact) mass is 534 g/mol. The number of unbranched alkanes of at least 4 members (excludes halogenated alkanes) is 8. The van der Waals surface area contributed by atoms with Crippen molar-refractivity contribution in [3.05, 3.63) is 0 Å². The van der Waals surface area contributed by atoms with Gasteiger partial charge in [-0.1, -0.05) is 71.1 Å². The van der Waals surface area contributed by atoms with Crippen molar-refractivity contribution in [1.29, 1.82) is 0 Å². The third-order valence-electron chi connectivity index (χ3n) is 6.56. The van der Waals surface area contributed by atoms with E-state index in [1.165, 1.54) is 25.7 Å². The Labute approximate surface area is 212 Å². The van der Waals surface area contributed by atoms with E-state index in [0.29, 0.717) is 19.3 Å². The smallest absolute Gasteiger partial charge is 0.396 e. The van der Waals surface area contributed by atoms with Crippen molar-refractivity contribution in [2.75, 3.05) is 19.8 Å². The fraction of sp³-hybridized carbons (Fsp3) is 1.00. The van der Waals surface area contributed by atoms with Crippen LogP contribution in [-0.2, 0) is 9.09 Å². The second kappa shape index (κ2) is 20.8. The quantitative estimate of drug-likeness (QED) is 0.0606. The molecular weight excluding hydrogens is 486 g/mol. The summed E-state index contributed by atoms with van der Waals surface area (Å²) in [6, 6.07) is 0. The summed E-state index contributed by atoms with van der Waals surface area (Å²) in [5.41, 5.74) is -0.0778. The molecule has 0 aromatic rings. The Bertz CT molecular complexity index is 486. The molecule has 0 heterocycles. The average molecular weight is 536 g/mol. The number of hydrogen-bond donors (Lipinski definition) is 4. The molecule has 0 aliphatic rings. The third kappa shape index (κ3) is 19.5. The molecular formula is C24H49Cl2O6P. The van der Waals surface area contributed by atoms with Crippen molar-refractivity contribution in [3.8, 4) is 0 Å². The maximum Gasteiger partial charge on any atom is 0.469 e. The van der Waals surface area contributed by atoms with Crippen molar-refractivity contribution < 1.29 is 29.1 Å². The van der Waals surface area contributed by atoms with Crippen LogP contribution in [0.2, 0.25) is 0 Å². The van der Waals surface area contributed by atoms with E-state index in [4.69, 9.17) is 33.0 Å². The van der Waals surface area contributed by atoms with Gasteiger partial charge in [-0.25, -0.2) is 4.57 Å². The van der Waals surface area contributed by atoms with Gasteiger partial charge in [0.1, 0.15) is 0 Å². The average Bonchev–Trinajstić information content (AvgIpc) is 2.74. The molecule has 2 unspecified atom stereocenters. The predicted molar refractivity (Wildman–Crippen MR) is 138 cm³/mol. The van der Waals surface area contributed by atoms with Crippen LogP contribution in [0, 0.1) is 5.41 Å². The van der Waals surface area contributed by atoms with Crippen molar-refractivity contribution in [2.45, 2.75) is 127 Å². The molecule has 0 fully saturated rings. The lowest BCUT2D eigenvalue weighted by atomic mass is 9.73. The Morgan fingerprint density at radius 3 is 1.79 bits per heavy atom. The van der Waals surface area contributed by atoms with Gasteiger partial charge in [0, 0.05) is 24.0 Å². The highest BCUT2D eigenvalue weighted by Crippen LogP contribution is 2.39. The first kappa shape index (κ1) is 33.6. The zero-order chi connectivity index (χ0) is 25.0. The largest absolute Gasteiger partial charge is 0.469 e. The van der Waals surface area contributed by atoms with Gasteiger partial charge in [0.05, 0.1) is 6.61 Å². The molecule has 0 amide bonds. The van der Waals surface area contributed by atoms with E-state index in [-0.39, 0.29) is 36.0 Å². The minimum absolute atomic E-state index is 0.00655. The number of hydrogen-bond acceptors (Lipinski definition) is 4. The van der Waals surface area contributed by atoms with E-state index in [1.54, 1.807) is 0 Å². The Morgan fingerprint density at radius 1 is 0.727 bits per heavy atom. The lowest BCUT2D eigenvalue weighted by Gasteiger charge is -2.34. The summed E-state index contributed by atoms with van der Waals surface area (Å²) in [4.78, 5) is 17.4. The van der Waals surface area contributed by atoms with Crippen molar-refractivity contribution >= 4 is 31.0 Å². The lowest BCUT2D eigenvalue weighted by Crippen LogP contribution is -2.25. The highest BCUT2D eigenvalue weighted by atomic mass is 35.5. The molecule has 0 rings (SSSR count). The Balaban J connectivity index is 4.29. The van der Waals surface area contributed by atoms with Crippen LogP contribution < -0.4 is 0 Å². The number of aliphatic hydroxyl groups excluding tert-OH is 2. The molecule has 0 aliphatic heterocycles. The molecule has 0 saturated carbocycles. The van der Waals surface area contributed by atoms with Crippen LogP contribution in [0.15, 0.2) is 0 Å². The maximum atomic E-state index is 10.7. The van der Waals surface area contributed by atoms with Gasteiger partial charge in [0.2, 0.25) is 0 Å². The van der Waals surface area contributed by atoms with E-state index in [2.05, 4.69) is 11.4 Å². The van der Waals surface area contributed by atoms with Crippen LogP contribution in [0.1, 0.15) is 116 Å². The van der Waals surface area contributed by atoms with Crippen LogP contribution in [0.5, 0.6) is 0 Å². The first-order valence-electron chi connectivity index (χ1n) is 12.9. The second-order valence-electron chi connectivity index (χ2n) is 9.42. The molecule has 4 N–H and O–H groups in total. The number of alkyl halides is 2. The van der Waals surface area contributed by atoms with Gasteiger partial charge in [-0.05, 0) is 50.4 Å². The fourth-order valence-electron chi connectivity index (χ4n) is 4.52. The van der Waals surface area contributed by atoms with Crippen molar-refractivity contribution in [1.82, 2.24) is 0 Å². The molecule has 200 valence electrons. The van der Waals surface area contributed by atoms with E-state index < -0.39 is 7.82 Å². The van der Waals surface area contributed by atoms with Crippen molar-refractivity contribution in [3.63, 3.8) is 0 Å². The molecule has 2 atom stereocenters. The van der Waals surface area contributed by atoms with Crippen molar-refractivity contribution in [2.24, 2.45) is 5.41 Å². The summed E-state index contributed by atoms with van der Waals surface area (Å²) in [5.74, 6) is 0. The lowest BCUT2D eigenvalue weighted by molar-refractivity contribution is 0.108. The number of phosphoric ester groups is 1. The predicted octanol–water partition coefficient (Wildman–Crippen LogP) is 6.93.